The molecule has 1 aromatic carbocycles. The Labute approximate surface area is 141 Å². The third-order valence-corrected chi connectivity index (χ3v) is 6.96. The summed E-state index contributed by atoms with van der Waals surface area (Å²) < 4.78 is 17.3. The number of ether oxygens (including phenoxy) is 2. The average Bonchev–Trinajstić information content (AvgIpc) is 2.97. The number of thioether (sulfide) groups is 1. The van der Waals surface area contributed by atoms with Gasteiger partial charge >= 0.3 is 141 Å². The van der Waals surface area contributed by atoms with E-state index in [4.69, 9.17) is 9.47 Å². The molecule has 0 aliphatic carbocycles. The first-order valence-electron chi connectivity index (χ1n) is 7.44. The number of benzene rings is 1. The van der Waals surface area contributed by atoms with Gasteiger partial charge in [0.1, 0.15) is 0 Å². The van der Waals surface area contributed by atoms with E-state index >= 15 is 0 Å². The first-order chi connectivity index (χ1) is 10.6. The molecule has 0 saturated heterocycles. The monoisotopic (exact) mass is 384 g/mol. The molecule has 0 saturated carbocycles. The van der Waals surface area contributed by atoms with Gasteiger partial charge in [-0.1, -0.05) is 0 Å². The van der Waals surface area contributed by atoms with Gasteiger partial charge in [0.15, 0.2) is 0 Å². The van der Waals surface area contributed by atoms with Crippen LogP contribution < -0.4 is 9.47 Å². The van der Waals surface area contributed by atoms with Crippen molar-refractivity contribution in [1.29, 1.82) is 0 Å². The van der Waals surface area contributed by atoms with Crippen LogP contribution in [0.1, 0.15) is 38.1 Å². The second-order valence-corrected chi connectivity index (χ2v) is 8.48. The fourth-order valence-corrected chi connectivity index (χ4v) is 5.10. The van der Waals surface area contributed by atoms with Crippen molar-refractivity contribution in [2.75, 3.05) is 12.9 Å². The number of fused-ring (bicyclic) bond motifs is 3. The van der Waals surface area contributed by atoms with E-state index in [0.29, 0.717) is 0 Å². The van der Waals surface area contributed by atoms with Crippen molar-refractivity contribution < 1.29 is 9.47 Å². The number of rotatable bonds is 5. The van der Waals surface area contributed by atoms with Gasteiger partial charge in [0, 0.05) is 0 Å². The molecular formula is C16H20N2O2SSe. The molecule has 6 heteroatoms. The zero-order valence-electron chi connectivity index (χ0n) is 13.3. The van der Waals surface area contributed by atoms with Crippen LogP contribution in [0.3, 0.4) is 0 Å². The Morgan fingerprint density at radius 1 is 1.36 bits per heavy atom. The van der Waals surface area contributed by atoms with Crippen molar-refractivity contribution in [1.82, 2.24) is 9.19 Å². The van der Waals surface area contributed by atoms with E-state index < -0.39 is 0 Å². The molecule has 2 heterocycles. The molecule has 0 unspecified atom stereocenters. The molecule has 0 N–H and O–H groups in total. The summed E-state index contributed by atoms with van der Waals surface area (Å²) in [4.78, 5) is 1.13. The second kappa shape index (κ2) is 6.26. The van der Waals surface area contributed by atoms with E-state index in [2.05, 4.69) is 42.1 Å². The van der Waals surface area contributed by atoms with Crippen molar-refractivity contribution >= 4 is 26.5 Å². The SMILES string of the molecule is CCCCSc1cc2c(cc1OC)-c1nn[se]c1C(C)(C)O2. The molecule has 1 aromatic heterocycles. The summed E-state index contributed by atoms with van der Waals surface area (Å²) >= 11 is 1.86. The average molecular weight is 383 g/mol. The van der Waals surface area contributed by atoms with E-state index in [0.717, 1.165) is 33.4 Å². The van der Waals surface area contributed by atoms with E-state index in [1.54, 1.807) is 7.11 Å². The molecule has 0 spiro atoms. The van der Waals surface area contributed by atoms with Crippen LogP contribution >= 0.6 is 11.8 Å². The number of unbranched alkanes of at least 4 members (excludes halogenated alkanes) is 1. The minimum absolute atomic E-state index is 0.0400. The number of aromatic nitrogens is 2. The first-order valence-corrected chi connectivity index (χ1v) is 10.0. The van der Waals surface area contributed by atoms with Crippen molar-refractivity contribution in [3.63, 3.8) is 0 Å². The molecule has 2 aromatic rings. The van der Waals surface area contributed by atoms with Crippen LogP contribution in [0.4, 0.5) is 0 Å². The third-order valence-electron chi connectivity index (χ3n) is 3.68. The predicted molar refractivity (Wildman–Crippen MR) is 90.2 cm³/mol. The zero-order valence-corrected chi connectivity index (χ0v) is 15.8. The van der Waals surface area contributed by atoms with Crippen LogP contribution in [0.25, 0.3) is 11.3 Å². The zero-order chi connectivity index (χ0) is 15.7. The quantitative estimate of drug-likeness (QED) is 0.447. The van der Waals surface area contributed by atoms with Crippen LogP contribution in [0, 0.1) is 0 Å². The number of methoxy groups -OCH3 is 1. The Hall–Kier alpha value is -0.971. The van der Waals surface area contributed by atoms with E-state index in [1.165, 1.54) is 17.3 Å². The van der Waals surface area contributed by atoms with Gasteiger partial charge in [0.2, 0.25) is 0 Å². The summed E-state index contributed by atoms with van der Waals surface area (Å²) in [6.45, 7) is 6.40. The van der Waals surface area contributed by atoms with Crippen LogP contribution in [0.15, 0.2) is 17.0 Å². The predicted octanol–water partition coefficient (Wildman–Crippen LogP) is 3.73. The first kappa shape index (κ1) is 15.9. The maximum atomic E-state index is 6.25. The summed E-state index contributed by atoms with van der Waals surface area (Å²) in [5.41, 5.74) is 1.66. The topological polar surface area (TPSA) is 44.2 Å². The van der Waals surface area contributed by atoms with E-state index in [9.17, 15) is 0 Å². The van der Waals surface area contributed by atoms with Gasteiger partial charge in [-0.15, -0.1) is 0 Å². The Bertz CT molecular complexity index is 685. The fraction of sp³-hybridized carbons (Fsp3) is 0.500. The summed E-state index contributed by atoms with van der Waals surface area (Å²) in [6.07, 6.45) is 2.39. The van der Waals surface area contributed by atoms with Crippen LogP contribution in [0.2, 0.25) is 0 Å². The second-order valence-electron chi connectivity index (χ2n) is 5.76. The molecule has 0 fully saturated rings. The van der Waals surface area contributed by atoms with Gasteiger partial charge < -0.3 is 0 Å². The normalized spacial score (nSPS) is 14.9. The Balaban J connectivity index is 2.04. The van der Waals surface area contributed by atoms with Gasteiger partial charge in [-0.3, -0.25) is 0 Å². The van der Waals surface area contributed by atoms with Gasteiger partial charge in [-0.25, -0.2) is 0 Å². The number of nitrogens with zero attached hydrogens (tertiary/aromatic N) is 2. The van der Waals surface area contributed by atoms with Gasteiger partial charge in [-0.2, -0.15) is 0 Å². The molecule has 118 valence electrons. The summed E-state index contributed by atoms with van der Waals surface area (Å²) in [5.74, 6) is 2.87. The van der Waals surface area contributed by atoms with Gasteiger partial charge in [-0.05, 0) is 0 Å². The van der Waals surface area contributed by atoms with E-state index in [-0.39, 0.29) is 20.3 Å². The standard InChI is InChI=1S/C16H20N2O2SSe/c1-5-6-7-21-13-9-11-10(8-12(13)19-4)14-15(22-18-17-14)16(2,3)20-11/h8-9H,5-7H2,1-4H3. The minimum atomic E-state index is -0.328. The van der Waals surface area contributed by atoms with Crippen LogP contribution in [-0.4, -0.2) is 36.8 Å². The van der Waals surface area contributed by atoms with Gasteiger partial charge in [0.25, 0.3) is 0 Å². The summed E-state index contributed by atoms with van der Waals surface area (Å²) in [6, 6.07) is 4.15. The van der Waals surface area contributed by atoms with E-state index in [1.807, 2.05) is 11.8 Å². The molecule has 0 amide bonds. The van der Waals surface area contributed by atoms with Crippen molar-refractivity contribution in [2.45, 2.75) is 44.1 Å². The molecule has 1 aliphatic heterocycles. The third kappa shape index (κ3) is 2.80. The Kier molecular flexibility index (Phi) is 4.53. The molecule has 3 rings (SSSR count). The molecule has 4 nitrogen and oxygen atoms in total. The van der Waals surface area contributed by atoms with Gasteiger partial charge in [0.05, 0.1) is 0 Å². The molecule has 0 atom stereocenters. The number of hydrogen-bond acceptors (Lipinski definition) is 5. The van der Waals surface area contributed by atoms with Crippen LogP contribution in [0.5, 0.6) is 11.5 Å². The van der Waals surface area contributed by atoms with Crippen molar-refractivity contribution in [2.24, 2.45) is 0 Å². The molecule has 1 aliphatic rings. The summed E-state index contributed by atoms with van der Waals surface area (Å²) in [5, 5.41) is 4.37. The summed E-state index contributed by atoms with van der Waals surface area (Å²) in [7, 11) is 1.72. The molecule has 0 bridgehead atoms. The van der Waals surface area contributed by atoms with Crippen molar-refractivity contribution in [3.05, 3.63) is 16.6 Å². The fourth-order valence-electron chi connectivity index (χ4n) is 2.49. The molecule has 22 heavy (non-hydrogen) atoms. The Morgan fingerprint density at radius 2 is 2.18 bits per heavy atom. The molecule has 0 radical (unpaired) electrons. The number of hydrogen-bond donors (Lipinski definition) is 0. The van der Waals surface area contributed by atoms with Crippen LogP contribution in [-0.2, 0) is 5.60 Å². The maximum absolute atomic E-state index is 6.25. The Morgan fingerprint density at radius 3 is 2.91 bits per heavy atom. The van der Waals surface area contributed by atoms with Crippen molar-refractivity contribution in [3.8, 4) is 22.8 Å². The molecular weight excluding hydrogens is 363 g/mol.